The standard InChI is InChI=1S/C15H17NO2/c1-17-13-7-6-11-4-2-3-5-12(11)15(13)14-10-16-8-9-18-14/h2-7,14,16H,8-10H2,1H3. The second-order valence-electron chi connectivity index (χ2n) is 4.47. The Morgan fingerprint density at radius 3 is 2.89 bits per heavy atom. The summed E-state index contributed by atoms with van der Waals surface area (Å²) in [6.07, 6.45) is 0.0693. The van der Waals surface area contributed by atoms with Crippen LogP contribution in [0.5, 0.6) is 5.75 Å². The van der Waals surface area contributed by atoms with Crippen LogP contribution < -0.4 is 10.1 Å². The number of nitrogens with one attached hydrogen (secondary N) is 1. The molecule has 1 unspecified atom stereocenters. The minimum absolute atomic E-state index is 0.0693. The number of benzene rings is 2. The summed E-state index contributed by atoms with van der Waals surface area (Å²) in [4.78, 5) is 0. The number of morpholine rings is 1. The second-order valence-corrected chi connectivity index (χ2v) is 4.47. The smallest absolute Gasteiger partial charge is 0.125 e. The Bertz CT molecular complexity index is 547. The van der Waals surface area contributed by atoms with E-state index in [-0.39, 0.29) is 6.10 Å². The molecule has 0 amide bonds. The number of ether oxygens (including phenoxy) is 2. The molecule has 1 atom stereocenters. The maximum Gasteiger partial charge on any atom is 0.125 e. The summed E-state index contributed by atoms with van der Waals surface area (Å²) in [7, 11) is 1.71. The molecule has 2 aromatic rings. The summed E-state index contributed by atoms with van der Waals surface area (Å²) in [6.45, 7) is 2.50. The van der Waals surface area contributed by atoms with Crippen molar-refractivity contribution in [2.45, 2.75) is 6.10 Å². The van der Waals surface area contributed by atoms with Crippen molar-refractivity contribution in [2.75, 3.05) is 26.8 Å². The van der Waals surface area contributed by atoms with Gasteiger partial charge < -0.3 is 14.8 Å². The molecule has 1 aliphatic heterocycles. The van der Waals surface area contributed by atoms with Gasteiger partial charge in [-0.15, -0.1) is 0 Å². The summed E-state index contributed by atoms with van der Waals surface area (Å²) < 4.78 is 11.4. The highest BCUT2D eigenvalue weighted by atomic mass is 16.5. The van der Waals surface area contributed by atoms with Gasteiger partial charge in [-0.05, 0) is 16.8 Å². The van der Waals surface area contributed by atoms with Crippen molar-refractivity contribution < 1.29 is 9.47 Å². The number of hydrogen-bond donors (Lipinski definition) is 1. The lowest BCUT2D eigenvalue weighted by Gasteiger charge is -2.26. The molecule has 1 saturated heterocycles. The first-order valence-electron chi connectivity index (χ1n) is 6.28. The molecule has 0 radical (unpaired) electrons. The molecule has 1 aliphatic rings. The van der Waals surface area contributed by atoms with Crippen molar-refractivity contribution in [2.24, 2.45) is 0 Å². The van der Waals surface area contributed by atoms with E-state index in [1.54, 1.807) is 7.11 Å². The minimum Gasteiger partial charge on any atom is -0.496 e. The Labute approximate surface area is 107 Å². The van der Waals surface area contributed by atoms with Crippen LogP contribution in [0.1, 0.15) is 11.7 Å². The van der Waals surface area contributed by atoms with E-state index < -0.39 is 0 Å². The van der Waals surface area contributed by atoms with Crippen LogP contribution in [0.25, 0.3) is 10.8 Å². The quantitative estimate of drug-likeness (QED) is 0.879. The topological polar surface area (TPSA) is 30.5 Å². The lowest BCUT2D eigenvalue weighted by molar-refractivity contribution is 0.0272. The zero-order valence-corrected chi connectivity index (χ0v) is 10.5. The van der Waals surface area contributed by atoms with Gasteiger partial charge in [0.15, 0.2) is 0 Å². The monoisotopic (exact) mass is 243 g/mol. The van der Waals surface area contributed by atoms with Gasteiger partial charge in [-0.2, -0.15) is 0 Å². The molecule has 3 nitrogen and oxygen atoms in total. The molecular formula is C15H17NO2. The molecule has 3 rings (SSSR count). The third-order valence-electron chi connectivity index (χ3n) is 3.40. The molecule has 18 heavy (non-hydrogen) atoms. The van der Waals surface area contributed by atoms with E-state index in [0.29, 0.717) is 0 Å². The molecule has 0 spiro atoms. The van der Waals surface area contributed by atoms with E-state index in [4.69, 9.17) is 9.47 Å². The predicted molar refractivity (Wildman–Crippen MR) is 72.1 cm³/mol. The largest absolute Gasteiger partial charge is 0.496 e. The molecule has 1 fully saturated rings. The molecule has 94 valence electrons. The number of hydrogen-bond acceptors (Lipinski definition) is 3. The zero-order valence-electron chi connectivity index (χ0n) is 10.5. The fraction of sp³-hybridized carbons (Fsp3) is 0.333. The summed E-state index contributed by atoms with van der Waals surface area (Å²) >= 11 is 0. The molecular weight excluding hydrogens is 226 g/mol. The molecule has 2 aromatic carbocycles. The van der Waals surface area contributed by atoms with E-state index in [0.717, 1.165) is 31.0 Å². The van der Waals surface area contributed by atoms with Crippen LogP contribution in [0.4, 0.5) is 0 Å². The van der Waals surface area contributed by atoms with E-state index in [1.165, 1.54) is 10.8 Å². The van der Waals surface area contributed by atoms with E-state index in [9.17, 15) is 0 Å². The first kappa shape index (κ1) is 11.5. The van der Waals surface area contributed by atoms with Gasteiger partial charge in [-0.3, -0.25) is 0 Å². The highest BCUT2D eigenvalue weighted by Crippen LogP contribution is 2.35. The second kappa shape index (κ2) is 4.96. The van der Waals surface area contributed by atoms with Crippen LogP contribution in [0.3, 0.4) is 0 Å². The van der Waals surface area contributed by atoms with E-state index in [2.05, 4.69) is 35.6 Å². The van der Waals surface area contributed by atoms with Gasteiger partial charge in [0.25, 0.3) is 0 Å². The van der Waals surface area contributed by atoms with E-state index >= 15 is 0 Å². The molecule has 0 bridgehead atoms. The Morgan fingerprint density at radius 2 is 2.11 bits per heavy atom. The molecule has 1 heterocycles. The van der Waals surface area contributed by atoms with Crippen molar-refractivity contribution >= 4 is 10.8 Å². The maximum absolute atomic E-state index is 5.87. The average Bonchev–Trinajstić information content (AvgIpc) is 2.47. The molecule has 0 aliphatic carbocycles. The Hall–Kier alpha value is -1.58. The predicted octanol–water partition coefficient (Wildman–Crippen LogP) is 2.51. The van der Waals surface area contributed by atoms with Crippen molar-refractivity contribution in [1.29, 1.82) is 0 Å². The van der Waals surface area contributed by atoms with Gasteiger partial charge in [-0.1, -0.05) is 30.3 Å². The van der Waals surface area contributed by atoms with Crippen molar-refractivity contribution in [3.8, 4) is 5.75 Å². The minimum atomic E-state index is 0.0693. The third kappa shape index (κ3) is 1.96. The fourth-order valence-corrected chi connectivity index (χ4v) is 2.54. The van der Waals surface area contributed by atoms with Gasteiger partial charge in [0.05, 0.1) is 19.8 Å². The van der Waals surface area contributed by atoms with Crippen molar-refractivity contribution in [1.82, 2.24) is 5.32 Å². The SMILES string of the molecule is COc1ccc2ccccc2c1C1CNCCO1. The summed E-state index contributed by atoms with van der Waals surface area (Å²) in [5.41, 5.74) is 1.16. The number of methoxy groups -OCH3 is 1. The van der Waals surface area contributed by atoms with Crippen LogP contribution in [0, 0.1) is 0 Å². The number of rotatable bonds is 2. The molecule has 0 saturated carbocycles. The Kier molecular flexibility index (Phi) is 3.17. The zero-order chi connectivity index (χ0) is 12.4. The first-order chi connectivity index (χ1) is 8.90. The van der Waals surface area contributed by atoms with Gasteiger partial charge in [0.2, 0.25) is 0 Å². The van der Waals surface area contributed by atoms with Crippen molar-refractivity contribution in [3.63, 3.8) is 0 Å². The molecule has 1 N–H and O–H groups in total. The highest BCUT2D eigenvalue weighted by Gasteiger charge is 2.21. The van der Waals surface area contributed by atoms with Gasteiger partial charge in [-0.25, -0.2) is 0 Å². The van der Waals surface area contributed by atoms with Crippen LogP contribution >= 0.6 is 0 Å². The lowest BCUT2D eigenvalue weighted by Crippen LogP contribution is -2.33. The number of fused-ring (bicyclic) bond motifs is 1. The summed E-state index contributed by atoms with van der Waals surface area (Å²) in [5.74, 6) is 0.905. The average molecular weight is 243 g/mol. The summed E-state index contributed by atoms with van der Waals surface area (Å²) in [5, 5.41) is 5.81. The maximum atomic E-state index is 5.87. The van der Waals surface area contributed by atoms with Crippen LogP contribution in [0.15, 0.2) is 36.4 Å². The van der Waals surface area contributed by atoms with Crippen LogP contribution in [-0.2, 0) is 4.74 Å². The Morgan fingerprint density at radius 1 is 1.22 bits per heavy atom. The fourth-order valence-electron chi connectivity index (χ4n) is 2.54. The lowest BCUT2D eigenvalue weighted by atomic mass is 9.98. The van der Waals surface area contributed by atoms with Gasteiger partial charge >= 0.3 is 0 Å². The van der Waals surface area contributed by atoms with Crippen LogP contribution in [0.2, 0.25) is 0 Å². The third-order valence-corrected chi connectivity index (χ3v) is 3.40. The Balaban J connectivity index is 2.16. The summed E-state index contributed by atoms with van der Waals surface area (Å²) in [6, 6.07) is 12.5. The van der Waals surface area contributed by atoms with Gasteiger partial charge in [0.1, 0.15) is 5.75 Å². The van der Waals surface area contributed by atoms with E-state index in [1.807, 2.05) is 6.07 Å². The highest BCUT2D eigenvalue weighted by molar-refractivity contribution is 5.88. The first-order valence-corrected chi connectivity index (χ1v) is 6.28. The molecule has 3 heteroatoms. The normalized spacial score (nSPS) is 19.9. The van der Waals surface area contributed by atoms with Crippen LogP contribution in [-0.4, -0.2) is 26.8 Å². The van der Waals surface area contributed by atoms with Crippen molar-refractivity contribution in [3.05, 3.63) is 42.0 Å². The molecule has 0 aromatic heterocycles. The van der Waals surface area contributed by atoms with Gasteiger partial charge in [0, 0.05) is 18.7 Å².